The second-order valence-electron chi connectivity index (χ2n) is 5.42. The van der Waals surface area contributed by atoms with Crippen molar-refractivity contribution in [1.82, 2.24) is 14.1 Å². The number of aromatic nitrogens is 3. The maximum Gasteiger partial charge on any atom is 0.332 e. The number of hydrogen-bond acceptors (Lipinski definition) is 4. The van der Waals surface area contributed by atoms with E-state index >= 15 is 0 Å². The number of halogens is 1. The van der Waals surface area contributed by atoms with E-state index in [0.29, 0.717) is 27.3 Å². The van der Waals surface area contributed by atoms with Crippen molar-refractivity contribution in [2.75, 3.05) is 19.0 Å². The third-order valence-electron chi connectivity index (χ3n) is 3.76. The number of aryl methyl sites for hydroxylation is 1. The van der Waals surface area contributed by atoms with Crippen molar-refractivity contribution in [3.05, 3.63) is 44.1 Å². The van der Waals surface area contributed by atoms with Crippen LogP contribution in [0.3, 0.4) is 0 Å². The van der Waals surface area contributed by atoms with Crippen molar-refractivity contribution in [2.45, 2.75) is 0 Å². The second-order valence-corrected chi connectivity index (χ2v) is 5.86. The molecule has 0 bridgehead atoms. The Hall–Kier alpha value is -2.34. The maximum atomic E-state index is 12.6. The van der Waals surface area contributed by atoms with Crippen LogP contribution in [0.25, 0.3) is 21.9 Å². The lowest BCUT2D eigenvalue weighted by Crippen LogP contribution is -2.38. The lowest BCUT2D eigenvalue weighted by Gasteiger charge is -2.19. The average molecular weight is 319 g/mol. The molecule has 22 heavy (non-hydrogen) atoms. The number of pyridine rings is 1. The summed E-state index contributed by atoms with van der Waals surface area (Å²) in [7, 11) is 6.77. The molecule has 0 aliphatic rings. The molecule has 2 aromatic heterocycles. The van der Waals surface area contributed by atoms with E-state index in [1.165, 1.54) is 11.6 Å². The van der Waals surface area contributed by atoms with Gasteiger partial charge in [0.1, 0.15) is 5.39 Å². The van der Waals surface area contributed by atoms with Crippen molar-refractivity contribution in [3.63, 3.8) is 0 Å². The molecule has 114 valence electrons. The van der Waals surface area contributed by atoms with Gasteiger partial charge in [0.2, 0.25) is 0 Å². The molecule has 0 amide bonds. The Morgan fingerprint density at radius 2 is 1.82 bits per heavy atom. The zero-order chi connectivity index (χ0) is 16.2. The van der Waals surface area contributed by atoms with Gasteiger partial charge in [-0.15, -0.1) is 0 Å². The fourth-order valence-corrected chi connectivity index (χ4v) is 2.85. The normalized spacial score (nSPS) is 11.3. The topological polar surface area (TPSA) is 60.1 Å². The Kier molecular flexibility index (Phi) is 3.21. The van der Waals surface area contributed by atoms with E-state index in [2.05, 4.69) is 4.98 Å². The third kappa shape index (κ3) is 1.91. The van der Waals surface area contributed by atoms with E-state index in [0.717, 1.165) is 9.95 Å². The van der Waals surface area contributed by atoms with Crippen LogP contribution in [-0.2, 0) is 14.1 Å². The van der Waals surface area contributed by atoms with Crippen molar-refractivity contribution >= 4 is 39.2 Å². The summed E-state index contributed by atoms with van der Waals surface area (Å²) in [6, 6.07) is 5.30. The summed E-state index contributed by atoms with van der Waals surface area (Å²) < 4.78 is 2.48. The van der Waals surface area contributed by atoms with Gasteiger partial charge in [0.05, 0.1) is 11.2 Å². The predicted molar refractivity (Wildman–Crippen MR) is 89.1 cm³/mol. The van der Waals surface area contributed by atoms with Crippen molar-refractivity contribution in [3.8, 4) is 0 Å². The number of nitrogens with zero attached hydrogens (tertiary/aromatic N) is 4. The van der Waals surface area contributed by atoms with E-state index in [4.69, 9.17) is 11.6 Å². The summed E-state index contributed by atoms with van der Waals surface area (Å²) in [5.41, 5.74) is 0.994. The number of rotatable bonds is 1. The molecule has 0 saturated carbocycles. The van der Waals surface area contributed by atoms with Crippen LogP contribution in [0.1, 0.15) is 0 Å². The van der Waals surface area contributed by atoms with Crippen molar-refractivity contribution < 1.29 is 0 Å². The highest BCUT2D eigenvalue weighted by atomic mass is 35.5. The lowest BCUT2D eigenvalue weighted by atomic mass is 10.1. The van der Waals surface area contributed by atoms with Gasteiger partial charge in [0.15, 0.2) is 5.65 Å². The predicted octanol–water partition coefficient (Wildman–Crippen LogP) is 1.50. The van der Waals surface area contributed by atoms with Gasteiger partial charge in [0.25, 0.3) is 5.56 Å². The second kappa shape index (κ2) is 4.84. The molecular formula is C15H15ClN4O2. The Labute approximate surface area is 131 Å². The largest absolute Gasteiger partial charge is 0.376 e. The summed E-state index contributed by atoms with van der Waals surface area (Å²) in [5.74, 6) is 0. The molecule has 0 aliphatic carbocycles. The molecule has 7 heteroatoms. The first-order valence-corrected chi connectivity index (χ1v) is 7.07. The summed E-state index contributed by atoms with van der Waals surface area (Å²) in [6.07, 6.45) is 0. The third-order valence-corrected chi connectivity index (χ3v) is 3.99. The zero-order valence-corrected chi connectivity index (χ0v) is 13.5. The van der Waals surface area contributed by atoms with E-state index < -0.39 is 5.69 Å². The Morgan fingerprint density at radius 3 is 2.45 bits per heavy atom. The van der Waals surface area contributed by atoms with Crippen LogP contribution in [0.5, 0.6) is 0 Å². The number of benzene rings is 1. The first kappa shape index (κ1) is 14.6. The fourth-order valence-electron chi connectivity index (χ4n) is 2.68. The van der Waals surface area contributed by atoms with Crippen LogP contribution in [-0.4, -0.2) is 28.2 Å². The average Bonchev–Trinajstić information content (AvgIpc) is 2.48. The summed E-state index contributed by atoms with van der Waals surface area (Å²) >= 11 is 6.09. The van der Waals surface area contributed by atoms with Crippen LogP contribution >= 0.6 is 11.6 Å². The molecule has 0 unspecified atom stereocenters. The van der Waals surface area contributed by atoms with E-state index in [9.17, 15) is 9.59 Å². The summed E-state index contributed by atoms with van der Waals surface area (Å²) in [5, 5.41) is 1.75. The van der Waals surface area contributed by atoms with Gasteiger partial charge in [-0.25, -0.2) is 9.78 Å². The quantitative estimate of drug-likeness (QED) is 0.638. The highest BCUT2D eigenvalue weighted by molar-refractivity contribution is 6.31. The van der Waals surface area contributed by atoms with Crippen LogP contribution in [0, 0.1) is 0 Å². The molecule has 3 aromatic rings. The first-order chi connectivity index (χ1) is 10.3. The zero-order valence-electron chi connectivity index (χ0n) is 12.7. The first-order valence-electron chi connectivity index (χ1n) is 6.69. The molecule has 6 nitrogen and oxygen atoms in total. The molecule has 0 radical (unpaired) electrons. The lowest BCUT2D eigenvalue weighted by molar-refractivity contribution is 0.708. The minimum Gasteiger partial charge on any atom is -0.376 e. The van der Waals surface area contributed by atoms with Crippen LogP contribution in [0.4, 0.5) is 5.69 Å². The highest BCUT2D eigenvalue weighted by Gasteiger charge is 2.18. The summed E-state index contributed by atoms with van der Waals surface area (Å²) in [4.78, 5) is 31.1. The number of fused-ring (bicyclic) bond motifs is 2. The smallest absolute Gasteiger partial charge is 0.332 e. The fraction of sp³-hybridized carbons (Fsp3) is 0.267. The molecule has 2 heterocycles. The van der Waals surface area contributed by atoms with Crippen LogP contribution in [0.2, 0.25) is 5.02 Å². The van der Waals surface area contributed by atoms with Gasteiger partial charge in [-0.05, 0) is 18.2 Å². The molecule has 1 aromatic carbocycles. The molecular weight excluding hydrogens is 304 g/mol. The molecule has 3 rings (SSSR count). The Balaban J connectivity index is 2.74. The molecule has 0 fully saturated rings. The van der Waals surface area contributed by atoms with Crippen molar-refractivity contribution in [2.24, 2.45) is 14.1 Å². The molecule has 0 atom stereocenters. The van der Waals surface area contributed by atoms with E-state index in [1.54, 1.807) is 25.2 Å². The van der Waals surface area contributed by atoms with E-state index in [1.807, 2.05) is 19.0 Å². The standard InChI is InChI=1S/C15H15ClN4O2/c1-18(2)12-9-7-8(16)5-6-10(9)17-13-11(12)14(21)20(4)15(22)19(13)3/h5-7H,1-4H3. The molecule has 0 aliphatic heterocycles. The van der Waals surface area contributed by atoms with Gasteiger partial charge in [-0.1, -0.05) is 11.6 Å². The highest BCUT2D eigenvalue weighted by Crippen LogP contribution is 2.31. The molecule has 0 spiro atoms. The van der Waals surface area contributed by atoms with E-state index in [-0.39, 0.29) is 5.56 Å². The maximum absolute atomic E-state index is 12.6. The minimum absolute atomic E-state index is 0.365. The van der Waals surface area contributed by atoms with Crippen molar-refractivity contribution in [1.29, 1.82) is 0 Å². The van der Waals surface area contributed by atoms with Crippen LogP contribution in [0.15, 0.2) is 27.8 Å². The summed E-state index contributed by atoms with van der Waals surface area (Å²) in [6.45, 7) is 0. The Bertz CT molecular complexity index is 1030. The van der Waals surface area contributed by atoms with Gasteiger partial charge in [-0.2, -0.15) is 0 Å². The molecule has 0 saturated heterocycles. The Morgan fingerprint density at radius 1 is 1.14 bits per heavy atom. The number of anilines is 1. The number of hydrogen-bond donors (Lipinski definition) is 0. The SMILES string of the molecule is CN(C)c1c2cc(Cl)ccc2nc2c1c(=O)n(C)c(=O)n2C. The monoisotopic (exact) mass is 318 g/mol. The van der Waals surface area contributed by atoms with Gasteiger partial charge in [-0.3, -0.25) is 13.9 Å². The minimum atomic E-state index is -0.400. The molecule has 0 N–H and O–H groups in total. The van der Waals surface area contributed by atoms with Gasteiger partial charge >= 0.3 is 5.69 Å². The van der Waals surface area contributed by atoms with Gasteiger partial charge < -0.3 is 4.90 Å². The van der Waals surface area contributed by atoms with Crippen LogP contribution < -0.4 is 16.1 Å². The van der Waals surface area contributed by atoms with Gasteiger partial charge in [0, 0.05) is 38.6 Å².